The first-order valence-electron chi connectivity index (χ1n) is 20.0. The Hall–Kier alpha value is -5.39. The second-order valence-corrected chi connectivity index (χ2v) is 21.6. The molecular formula is C52H49IrN3OSi-2. The minimum Gasteiger partial charge on any atom is -0.501 e. The molecule has 0 aliphatic carbocycles. The maximum Gasteiger partial charge on any atom is 0.120 e. The standard InChI is InChI=1S/C37H31N2O.C15H18NSi.Ir/c1-23(2)30-21-26(25-13-6-5-7-14-25)22-31(24(3)4)35(30)39-33-19-10-9-18-32(33)38-37(39)29-17-12-16-28-27-15-8-11-20-34(27)40-36(28)29;1-12-10-14(13-8-6-5-7-9-13)16-11-15(12)17(2,3)4;/h5-16,18-24H,1-4H3;5-8,10-11H,1-4H3;/q2*-1;. The van der Waals surface area contributed by atoms with Gasteiger partial charge in [-0.1, -0.05) is 131 Å². The molecule has 0 aliphatic rings. The van der Waals surface area contributed by atoms with Crippen LogP contribution in [0.4, 0.5) is 0 Å². The zero-order chi connectivity index (χ0) is 39.8. The van der Waals surface area contributed by atoms with Crippen LogP contribution in [0.1, 0.15) is 56.2 Å². The van der Waals surface area contributed by atoms with Crippen molar-refractivity contribution in [1.82, 2.24) is 14.5 Å². The summed E-state index contributed by atoms with van der Waals surface area (Å²) in [5, 5.41) is 3.63. The van der Waals surface area contributed by atoms with E-state index in [1.54, 1.807) is 0 Å². The van der Waals surface area contributed by atoms with Crippen molar-refractivity contribution >= 4 is 46.2 Å². The van der Waals surface area contributed by atoms with Crippen LogP contribution in [0.2, 0.25) is 19.6 Å². The zero-order valence-corrected chi connectivity index (χ0v) is 37.9. The number of para-hydroxylation sites is 3. The van der Waals surface area contributed by atoms with Crippen LogP contribution in [-0.2, 0) is 20.1 Å². The normalized spacial score (nSPS) is 11.6. The number of benzene rings is 6. The summed E-state index contributed by atoms with van der Waals surface area (Å²) in [7, 11) is -1.27. The van der Waals surface area contributed by atoms with E-state index in [0.29, 0.717) is 11.8 Å². The zero-order valence-electron chi connectivity index (χ0n) is 34.5. The van der Waals surface area contributed by atoms with Gasteiger partial charge in [-0.3, -0.25) is 4.98 Å². The molecule has 0 N–H and O–H groups in total. The largest absolute Gasteiger partial charge is 0.501 e. The summed E-state index contributed by atoms with van der Waals surface area (Å²) in [5.41, 5.74) is 14.3. The predicted octanol–water partition coefficient (Wildman–Crippen LogP) is 13.7. The molecule has 6 heteroatoms. The Labute approximate surface area is 357 Å². The van der Waals surface area contributed by atoms with Gasteiger partial charge in [-0.2, -0.15) is 0 Å². The number of hydrogen-bond donors (Lipinski definition) is 0. The summed E-state index contributed by atoms with van der Waals surface area (Å²) >= 11 is 0. The van der Waals surface area contributed by atoms with E-state index in [4.69, 9.17) is 9.40 Å². The van der Waals surface area contributed by atoms with Crippen molar-refractivity contribution in [2.24, 2.45) is 0 Å². The van der Waals surface area contributed by atoms with E-state index in [9.17, 15) is 0 Å². The van der Waals surface area contributed by atoms with Crippen molar-refractivity contribution in [3.63, 3.8) is 0 Å². The van der Waals surface area contributed by atoms with Crippen molar-refractivity contribution in [3.8, 4) is 39.5 Å². The Morgan fingerprint density at radius 3 is 2.02 bits per heavy atom. The van der Waals surface area contributed by atoms with Crippen molar-refractivity contribution < 1.29 is 24.5 Å². The number of nitrogens with zero attached hydrogens (tertiary/aromatic N) is 3. The average molecular weight is 952 g/mol. The van der Waals surface area contributed by atoms with E-state index in [2.05, 4.69) is 179 Å². The first-order chi connectivity index (χ1) is 27.5. The molecule has 0 saturated carbocycles. The molecule has 0 spiro atoms. The van der Waals surface area contributed by atoms with Gasteiger partial charge >= 0.3 is 0 Å². The molecule has 0 aliphatic heterocycles. The monoisotopic (exact) mass is 952 g/mol. The van der Waals surface area contributed by atoms with Crippen LogP contribution < -0.4 is 5.19 Å². The summed E-state index contributed by atoms with van der Waals surface area (Å²) in [6, 6.07) is 53.0. The number of rotatable bonds is 7. The third kappa shape index (κ3) is 7.89. The number of fused-ring (bicyclic) bond motifs is 4. The molecule has 9 aromatic rings. The second-order valence-electron chi connectivity index (χ2n) is 16.5. The number of pyridine rings is 1. The molecule has 0 amide bonds. The number of furan rings is 1. The van der Waals surface area contributed by atoms with Crippen molar-refractivity contribution in [2.45, 2.75) is 66.1 Å². The fraction of sp³-hybridized carbons (Fsp3) is 0.192. The van der Waals surface area contributed by atoms with Crippen molar-refractivity contribution in [3.05, 3.63) is 168 Å². The summed E-state index contributed by atoms with van der Waals surface area (Å²) in [5.74, 6) is 1.45. The van der Waals surface area contributed by atoms with Gasteiger partial charge in [0.25, 0.3) is 0 Å². The number of imidazole rings is 1. The third-order valence-corrected chi connectivity index (χ3v) is 12.9. The Morgan fingerprint density at radius 1 is 0.672 bits per heavy atom. The van der Waals surface area contributed by atoms with Crippen LogP contribution in [0, 0.1) is 19.1 Å². The third-order valence-electron chi connectivity index (χ3n) is 10.8. The molecule has 3 heterocycles. The van der Waals surface area contributed by atoms with Crippen LogP contribution in [0.3, 0.4) is 0 Å². The molecule has 0 saturated heterocycles. The summed E-state index contributed by atoms with van der Waals surface area (Å²) < 4.78 is 8.83. The van der Waals surface area contributed by atoms with Crippen LogP contribution in [0.15, 0.2) is 144 Å². The molecule has 0 atom stereocenters. The molecular weight excluding hydrogens is 903 g/mol. The molecule has 4 nitrogen and oxygen atoms in total. The van der Waals surface area contributed by atoms with E-state index in [0.717, 1.165) is 55.6 Å². The second kappa shape index (κ2) is 16.8. The first-order valence-corrected chi connectivity index (χ1v) is 23.5. The smallest absolute Gasteiger partial charge is 0.120 e. The van der Waals surface area contributed by atoms with Gasteiger partial charge in [-0.15, -0.1) is 54.1 Å². The van der Waals surface area contributed by atoms with Gasteiger partial charge in [0.15, 0.2) is 0 Å². The summed E-state index contributed by atoms with van der Waals surface area (Å²) in [6.45, 7) is 18.4. The van der Waals surface area contributed by atoms with Gasteiger partial charge in [-0.25, -0.2) is 0 Å². The average Bonchev–Trinajstić information content (AvgIpc) is 3.79. The Bertz CT molecular complexity index is 2820. The number of aryl methyl sites for hydroxylation is 1. The predicted molar refractivity (Wildman–Crippen MR) is 242 cm³/mol. The molecule has 3 aromatic heterocycles. The van der Waals surface area contributed by atoms with E-state index in [1.165, 1.54) is 38.7 Å². The summed E-state index contributed by atoms with van der Waals surface area (Å²) in [4.78, 5) is 9.81. The Morgan fingerprint density at radius 2 is 1.34 bits per heavy atom. The Kier molecular flexibility index (Phi) is 11.8. The SMILES string of the molecule is CC(C)c1cc(-c2ccccc2)cc(C(C)C)c1-n1c(-c2[c-]ccc3c2oc2ccccc23)nc2ccccc21.Cc1cc(-c2[c-]cccc2)ncc1[Si](C)(C)C.[Ir]. The number of aromatic nitrogens is 3. The maximum absolute atomic E-state index is 6.47. The van der Waals surface area contributed by atoms with Crippen LogP contribution in [-0.4, -0.2) is 22.6 Å². The topological polar surface area (TPSA) is 43.9 Å². The van der Waals surface area contributed by atoms with Gasteiger partial charge in [-0.05, 0) is 82.2 Å². The first kappa shape index (κ1) is 40.8. The minimum absolute atomic E-state index is 0. The number of hydrogen-bond acceptors (Lipinski definition) is 3. The fourth-order valence-corrected chi connectivity index (χ4v) is 9.64. The van der Waals surface area contributed by atoms with Gasteiger partial charge in [0.1, 0.15) is 5.58 Å². The van der Waals surface area contributed by atoms with Crippen LogP contribution in [0.25, 0.3) is 72.4 Å². The molecule has 6 aromatic carbocycles. The molecule has 9 rings (SSSR count). The van der Waals surface area contributed by atoms with Gasteiger partial charge < -0.3 is 14.0 Å². The fourth-order valence-electron chi connectivity index (χ4n) is 7.93. The van der Waals surface area contributed by atoms with Gasteiger partial charge in [0.2, 0.25) is 0 Å². The van der Waals surface area contributed by atoms with E-state index >= 15 is 0 Å². The van der Waals surface area contributed by atoms with Crippen LogP contribution in [0.5, 0.6) is 0 Å². The minimum atomic E-state index is -1.27. The van der Waals surface area contributed by atoms with E-state index in [-0.39, 0.29) is 20.1 Å². The molecule has 293 valence electrons. The van der Waals surface area contributed by atoms with Gasteiger partial charge in [0.05, 0.1) is 30.5 Å². The van der Waals surface area contributed by atoms with Crippen molar-refractivity contribution in [1.29, 1.82) is 0 Å². The van der Waals surface area contributed by atoms with Gasteiger partial charge in [0, 0.05) is 37.4 Å². The quantitative estimate of drug-likeness (QED) is 0.118. The molecule has 1 radical (unpaired) electrons. The molecule has 0 fully saturated rings. The van der Waals surface area contributed by atoms with E-state index < -0.39 is 8.07 Å². The van der Waals surface area contributed by atoms with Crippen molar-refractivity contribution in [2.75, 3.05) is 0 Å². The Balaban J connectivity index is 0.000000240. The van der Waals surface area contributed by atoms with E-state index in [1.807, 2.05) is 36.4 Å². The molecule has 58 heavy (non-hydrogen) atoms. The molecule has 0 unspecified atom stereocenters. The molecule has 0 bridgehead atoms. The summed E-state index contributed by atoms with van der Waals surface area (Å²) in [6.07, 6.45) is 2.05. The van der Waals surface area contributed by atoms with Crippen LogP contribution >= 0.6 is 0 Å². The maximum atomic E-state index is 6.47.